The first-order valence-electron chi connectivity index (χ1n) is 5.25. The van der Waals surface area contributed by atoms with Crippen LogP contribution in [0.2, 0.25) is 0 Å². The molecule has 0 atom stereocenters. The first-order chi connectivity index (χ1) is 7.50. The summed E-state index contributed by atoms with van der Waals surface area (Å²) in [4.78, 5) is 0. The molecule has 0 saturated carbocycles. The summed E-state index contributed by atoms with van der Waals surface area (Å²) >= 11 is 0. The van der Waals surface area contributed by atoms with Gasteiger partial charge in [0.2, 0.25) is 0 Å². The summed E-state index contributed by atoms with van der Waals surface area (Å²) in [6.45, 7) is 4.73. The van der Waals surface area contributed by atoms with Gasteiger partial charge in [-0.25, -0.2) is 4.39 Å². The Hall–Kier alpha value is -1.19. The van der Waals surface area contributed by atoms with Crippen LogP contribution in [0.25, 0.3) is 0 Å². The van der Waals surface area contributed by atoms with Crippen molar-refractivity contribution in [1.29, 1.82) is 0 Å². The van der Waals surface area contributed by atoms with E-state index in [0.717, 1.165) is 6.07 Å². The number of hydrogen-bond donors (Lipinski definition) is 0. The number of halogens is 3. The van der Waals surface area contributed by atoms with Crippen molar-refractivity contribution in [3.05, 3.63) is 29.6 Å². The number of rotatable bonds is 3. The van der Waals surface area contributed by atoms with Gasteiger partial charge in [-0.05, 0) is 17.5 Å². The predicted octanol–water partition coefficient (Wildman–Crippen LogP) is 4.58. The molecular formula is C12H17F3O. The number of alkyl halides is 2. The van der Waals surface area contributed by atoms with Crippen molar-refractivity contribution in [2.75, 3.05) is 0 Å². The monoisotopic (exact) mass is 234 g/mol. The lowest BCUT2D eigenvalue weighted by molar-refractivity contribution is -0.0507. The standard InChI is InChI=1S/C10H11F3O.C2H6/c1-6(2)8-4-3-7(11)5-9(8)14-10(12)13;1-2/h3-6,10H,1-2H3;1-2H3. The predicted molar refractivity (Wildman–Crippen MR) is 58.5 cm³/mol. The fourth-order valence-corrected chi connectivity index (χ4v) is 1.18. The first-order valence-corrected chi connectivity index (χ1v) is 5.25. The smallest absolute Gasteiger partial charge is 0.387 e. The Morgan fingerprint density at radius 3 is 2.12 bits per heavy atom. The minimum Gasteiger partial charge on any atom is -0.434 e. The zero-order chi connectivity index (χ0) is 12.7. The molecule has 0 unspecified atom stereocenters. The third-order valence-corrected chi connectivity index (χ3v) is 1.81. The van der Waals surface area contributed by atoms with Crippen LogP contribution in [-0.2, 0) is 0 Å². The molecule has 0 N–H and O–H groups in total. The molecular weight excluding hydrogens is 217 g/mol. The van der Waals surface area contributed by atoms with Gasteiger partial charge in [-0.15, -0.1) is 0 Å². The second-order valence-corrected chi connectivity index (χ2v) is 3.22. The average molecular weight is 234 g/mol. The van der Waals surface area contributed by atoms with Crippen molar-refractivity contribution in [3.63, 3.8) is 0 Å². The van der Waals surface area contributed by atoms with E-state index in [2.05, 4.69) is 4.74 Å². The molecule has 4 heteroatoms. The van der Waals surface area contributed by atoms with Gasteiger partial charge in [-0.1, -0.05) is 33.8 Å². The highest BCUT2D eigenvalue weighted by molar-refractivity contribution is 5.36. The van der Waals surface area contributed by atoms with Gasteiger partial charge >= 0.3 is 6.61 Å². The van der Waals surface area contributed by atoms with Crippen LogP contribution in [-0.4, -0.2) is 6.61 Å². The van der Waals surface area contributed by atoms with E-state index in [0.29, 0.717) is 5.56 Å². The van der Waals surface area contributed by atoms with E-state index in [1.165, 1.54) is 12.1 Å². The minimum atomic E-state index is -2.92. The SMILES string of the molecule is CC.CC(C)c1ccc(F)cc1OC(F)F. The van der Waals surface area contributed by atoms with Crippen LogP contribution in [0.3, 0.4) is 0 Å². The minimum absolute atomic E-state index is 0.0179. The number of ether oxygens (including phenoxy) is 1. The van der Waals surface area contributed by atoms with Gasteiger partial charge in [0.15, 0.2) is 0 Å². The van der Waals surface area contributed by atoms with Crippen molar-refractivity contribution in [3.8, 4) is 5.75 Å². The maximum atomic E-state index is 12.7. The van der Waals surface area contributed by atoms with E-state index < -0.39 is 12.4 Å². The number of benzene rings is 1. The Morgan fingerprint density at radius 1 is 1.12 bits per heavy atom. The van der Waals surface area contributed by atoms with Crippen LogP contribution in [0.15, 0.2) is 18.2 Å². The quantitative estimate of drug-likeness (QED) is 0.744. The molecule has 1 aromatic carbocycles. The van der Waals surface area contributed by atoms with Crippen molar-refractivity contribution >= 4 is 0 Å². The van der Waals surface area contributed by atoms with Gasteiger partial charge in [0.05, 0.1) is 0 Å². The van der Waals surface area contributed by atoms with E-state index >= 15 is 0 Å². The zero-order valence-electron chi connectivity index (χ0n) is 9.93. The van der Waals surface area contributed by atoms with Crippen LogP contribution in [0.4, 0.5) is 13.2 Å². The lowest BCUT2D eigenvalue weighted by Gasteiger charge is -2.12. The Bertz CT molecular complexity index is 311. The molecule has 0 aliphatic rings. The molecule has 0 aliphatic carbocycles. The third kappa shape index (κ3) is 4.55. The van der Waals surface area contributed by atoms with E-state index in [1.54, 1.807) is 0 Å². The molecule has 0 saturated heterocycles. The molecule has 1 nitrogen and oxygen atoms in total. The summed E-state index contributed by atoms with van der Waals surface area (Å²) in [5, 5.41) is 0. The number of hydrogen-bond acceptors (Lipinski definition) is 1. The van der Waals surface area contributed by atoms with Gasteiger partial charge in [-0.3, -0.25) is 0 Å². The van der Waals surface area contributed by atoms with Gasteiger partial charge in [0.1, 0.15) is 11.6 Å². The maximum Gasteiger partial charge on any atom is 0.387 e. The summed E-state index contributed by atoms with van der Waals surface area (Å²) in [6.07, 6.45) is 0. The molecule has 1 rings (SSSR count). The molecule has 0 aromatic heterocycles. The molecule has 16 heavy (non-hydrogen) atoms. The third-order valence-electron chi connectivity index (χ3n) is 1.81. The Balaban J connectivity index is 0.00000106. The normalized spacial score (nSPS) is 10.1. The summed E-state index contributed by atoms with van der Waals surface area (Å²) in [6, 6.07) is 3.66. The van der Waals surface area contributed by atoms with Crippen molar-refractivity contribution in [2.24, 2.45) is 0 Å². The van der Waals surface area contributed by atoms with Crippen LogP contribution in [0, 0.1) is 5.82 Å². The van der Waals surface area contributed by atoms with Crippen molar-refractivity contribution < 1.29 is 17.9 Å². The van der Waals surface area contributed by atoms with E-state index in [1.807, 2.05) is 27.7 Å². The Labute approximate surface area is 94.2 Å². The average Bonchev–Trinajstić information content (AvgIpc) is 2.19. The summed E-state index contributed by atoms with van der Waals surface area (Å²) in [5.74, 6) is -0.649. The largest absolute Gasteiger partial charge is 0.434 e. The van der Waals surface area contributed by atoms with Gasteiger partial charge in [-0.2, -0.15) is 8.78 Å². The van der Waals surface area contributed by atoms with Crippen LogP contribution < -0.4 is 4.74 Å². The highest BCUT2D eigenvalue weighted by Crippen LogP contribution is 2.28. The van der Waals surface area contributed by atoms with Crippen LogP contribution in [0.1, 0.15) is 39.2 Å². The fraction of sp³-hybridized carbons (Fsp3) is 0.500. The zero-order valence-corrected chi connectivity index (χ0v) is 9.93. The molecule has 0 radical (unpaired) electrons. The summed E-state index contributed by atoms with van der Waals surface area (Å²) in [7, 11) is 0. The molecule has 0 bridgehead atoms. The fourth-order valence-electron chi connectivity index (χ4n) is 1.18. The highest BCUT2D eigenvalue weighted by atomic mass is 19.3. The van der Waals surface area contributed by atoms with Gasteiger partial charge in [0.25, 0.3) is 0 Å². The van der Waals surface area contributed by atoms with E-state index in [4.69, 9.17) is 0 Å². The van der Waals surface area contributed by atoms with E-state index in [9.17, 15) is 13.2 Å². The summed E-state index contributed by atoms with van der Waals surface area (Å²) < 4.78 is 40.9. The molecule has 1 aromatic rings. The van der Waals surface area contributed by atoms with Gasteiger partial charge < -0.3 is 4.74 Å². The van der Waals surface area contributed by atoms with Crippen LogP contribution in [0.5, 0.6) is 5.75 Å². The second-order valence-electron chi connectivity index (χ2n) is 3.22. The highest BCUT2D eigenvalue weighted by Gasteiger charge is 2.12. The second kappa shape index (κ2) is 7.14. The molecule has 0 heterocycles. The first kappa shape index (κ1) is 14.8. The topological polar surface area (TPSA) is 9.23 Å². The molecule has 0 spiro atoms. The van der Waals surface area contributed by atoms with Crippen molar-refractivity contribution in [1.82, 2.24) is 0 Å². The maximum absolute atomic E-state index is 12.7. The Morgan fingerprint density at radius 2 is 1.69 bits per heavy atom. The van der Waals surface area contributed by atoms with Gasteiger partial charge in [0, 0.05) is 6.07 Å². The van der Waals surface area contributed by atoms with E-state index in [-0.39, 0.29) is 11.7 Å². The van der Waals surface area contributed by atoms with Crippen LogP contribution >= 0.6 is 0 Å². The van der Waals surface area contributed by atoms with Crippen molar-refractivity contribution in [2.45, 2.75) is 40.2 Å². The molecule has 0 amide bonds. The lowest BCUT2D eigenvalue weighted by Crippen LogP contribution is -2.05. The molecule has 92 valence electrons. The Kier molecular flexibility index (Phi) is 6.61. The molecule has 0 aliphatic heterocycles. The lowest BCUT2D eigenvalue weighted by atomic mass is 10.0. The molecule has 0 fully saturated rings. The summed E-state index contributed by atoms with van der Waals surface area (Å²) in [5.41, 5.74) is 0.576.